The number of aromatic hydroxyl groups is 1. The molecule has 0 amide bonds. The summed E-state index contributed by atoms with van der Waals surface area (Å²) in [6.07, 6.45) is 4.50. The number of anilines is 1. The molecule has 3 unspecified atom stereocenters. The van der Waals surface area contributed by atoms with Gasteiger partial charge in [0.15, 0.2) is 5.82 Å². The van der Waals surface area contributed by atoms with Gasteiger partial charge in [0, 0.05) is 42.7 Å². The van der Waals surface area contributed by atoms with Crippen molar-refractivity contribution in [3.05, 3.63) is 46.6 Å². The summed E-state index contributed by atoms with van der Waals surface area (Å²) >= 11 is 3.29. The van der Waals surface area contributed by atoms with E-state index in [2.05, 4.69) is 35.7 Å². The average Bonchev–Trinajstić information content (AvgIpc) is 3.62. The van der Waals surface area contributed by atoms with Crippen molar-refractivity contribution in [2.75, 3.05) is 31.1 Å². The van der Waals surface area contributed by atoms with Gasteiger partial charge in [0.05, 0.1) is 21.5 Å². The smallest absolute Gasteiger partial charge is 0.319 e. The van der Waals surface area contributed by atoms with Gasteiger partial charge in [0.1, 0.15) is 41.4 Å². The van der Waals surface area contributed by atoms with Crippen LogP contribution < -0.4 is 9.64 Å². The molecule has 1 saturated carbocycles. The van der Waals surface area contributed by atoms with Gasteiger partial charge in [-0.15, -0.1) is 0 Å². The maximum Gasteiger partial charge on any atom is 0.319 e. The summed E-state index contributed by atoms with van der Waals surface area (Å²) < 4.78 is 52.1. The van der Waals surface area contributed by atoms with Crippen LogP contribution in [0, 0.1) is 17.6 Å². The number of aliphatic hydroxyl groups is 1. The molecule has 5 atom stereocenters. The molecular formula is C32H31BrF3N5O3. The molecule has 2 bridgehead atoms. The molecule has 8 rings (SSSR count). The van der Waals surface area contributed by atoms with E-state index in [4.69, 9.17) is 9.72 Å². The number of phenols is 1. The molecule has 4 aromatic rings. The molecular weight excluding hydrogens is 639 g/mol. The van der Waals surface area contributed by atoms with Crippen LogP contribution in [0.3, 0.4) is 0 Å². The predicted octanol–water partition coefficient (Wildman–Crippen LogP) is 5.90. The Kier molecular flexibility index (Phi) is 6.69. The molecule has 3 saturated heterocycles. The number of aliphatic hydroxyl groups excluding tert-OH is 1. The van der Waals surface area contributed by atoms with Crippen molar-refractivity contribution < 1.29 is 28.1 Å². The maximum absolute atomic E-state index is 16.7. The monoisotopic (exact) mass is 669 g/mol. The van der Waals surface area contributed by atoms with E-state index in [-0.39, 0.29) is 51.6 Å². The third-order valence-corrected chi connectivity index (χ3v) is 10.8. The zero-order valence-corrected chi connectivity index (χ0v) is 25.4. The molecule has 12 heteroatoms. The van der Waals surface area contributed by atoms with Crippen LogP contribution in [0.15, 0.2) is 34.9 Å². The first kappa shape index (κ1) is 28.3. The molecule has 0 spiro atoms. The van der Waals surface area contributed by atoms with Crippen molar-refractivity contribution in [2.45, 2.75) is 62.4 Å². The van der Waals surface area contributed by atoms with Crippen molar-refractivity contribution in [2.24, 2.45) is 5.92 Å². The van der Waals surface area contributed by atoms with Crippen molar-refractivity contribution >= 4 is 43.4 Å². The Morgan fingerprint density at radius 2 is 1.98 bits per heavy atom. The number of hydrogen-bond acceptors (Lipinski definition) is 8. The van der Waals surface area contributed by atoms with Gasteiger partial charge in [-0.05, 0) is 84.1 Å². The van der Waals surface area contributed by atoms with Crippen molar-refractivity contribution in [3.8, 4) is 23.0 Å². The molecule has 1 aliphatic carbocycles. The Bertz CT molecular complexity index is 1810. The number of halogens is 4. The number of nitrogens with zero attached hydrogens (tertiary/aromatic N) is 5. The molecule has 2 aromatic heterocycles. The van der Waals surface area contributed by atoms with Gasteiger partial charge in [0.25, 0.3) is 0 Å². The lowest BCUT2D eigenvalue weighted by Gasteiger charge is -2.31. The summed E-state index contributed by atoms with van der Waals surface area (Å²) in [5, 5.41) is 22.2. The maximum atomic E-state index is 16.7. The van der Waals surface area contributed by atoms with Crippen molar-refractivity contribution in [3.63, 3.8) is 0 Å². The van der Waals surface area contributed by atoms with E-state index >= 15 is 4.39 Å². The SMILES string of the molecule is Oc1cc(-c2ncc3c(N4CC5CC(O)CC4C5)nc(OC[C@@]45CCCN4C[C@H](F)C5)nc3c2F)c2c(Br)c(F)ccc2c1. The van der Waals surface area contributed by atoms with Crippen LogP contribution in [0.5, 0.6) is 11.8 Å². The first-order valence-electron chi connectivity index (χ1n) is 15.1. The van der Waals surface area contributed by atoms with E-state index in [0.29, 0.717) is 54.3 Å². The number of hydrogen-bond donors (Lipinski definition) is 2. The molecule has 2 aromatic carbocycles. The molecule has 230 valence electrons. The summed E-state index contributed by atoms with van der Waals surface area (Å²) in [5.74, 6) is -0.645. The molecule has 0 radical (unpaired) electrons. The second kappa shape index (κ2) is 10.4. The lowest BCUT2D eigenvalue weighted by molar-refractivity contribution is 0.107. The fourth-order valence-electron chi connectivity index (χ4n) is 8.17. The first-order chi connectivity index (χ1) is 21.2. The third-order valence-electron chi connectivity index (χ3n) is 10.0. The zero-order valence-electron chi connectivity index (χ0n) is 23.8. The Morgan fingerprint density at radius 1 is 1.11 bits per heavy atom. The number of benzene rings is 2. The number of rotatable bonds is 5. The molecule has 5 heterocycles. The van der Waals surface area contributed by atoms with E-state index in [1.165, 1.54) is 30.5 Å². The summed E-state index contributed by atoms with van der Waals surface area (Å²) in [5.41, 5.74) is -0.358. The van der Waals surface area contributed by atoms with Gasteiger partial charge in [-0.2, -0.15) is 9.97 Å². The highest BCUT2D eigenvalue weighted by molar-refractivity contribution is 9.10. The van der Waals surface area contributed by atoms with Crippen molar-refractivity contribution in [1.82, 2.24) is 19.9 Å². The minimum Gasteiger partial charge on any atom is -0.508 e. The number of alkyl halides is 1. The molecule has 8 nitrogen and oxygen atoms in total. The van der Waals surface area contributed by atoms with Gasteiger partial charge < -0.3 is 19.8 Å². The largest absolute Gasteiger partial charge is 0.508 e. The highest BCUT2D eigenvalue weighted by Crippen LogP contribution is 2.44. The number of fused-ring (bicyclic) bond motifs is 5. The van der Waals surface area contributed by atoms with Gasteiger partial charge >= 0.3 is 6.01 Å². The molecule has 4 aliphatic rings. The van der Waals surface area contributed by atoms with Crippen LogP contribution in [0.2, 0.25) is 0 Å². The van der Waals surface area contributed by atoms with E-state index in [1.54, 1.807) is 0 Å². The highest BCUT2D eigenvalue weighted by atomic mass is 79.9. The van der Waals surface area contributed by atoms with Crippen LogP contribution in [0.1, 0.15) is 38.5 Å². The normalized spacial score (nSPS) is 28.3. The fraction of sp³-hybridized carbons (Fsp3) is 0.469. The third kappa shape index (κ3) is 4.51. The van der Waals surface area contributed by atoms with Crippen LogP contribution in [-0.4, -0.2) is 80.2 Å². The second-order valence-corrected chi connectivity index (χ2v) is 13.7. The molecule has 3 aliphatic heterocycles. The molecule has 2 N–H and O–H groups in total. The Morgan fingerprint density at radius 3 is 2.84 bits per heavy atom. The van der Waals surface area contributed by atoms with Gasteiger partial charge in [0.2, 0.25) is 0 Å². The first-order valence-corrected chi connectivity index (χ1v) is 15.9. The standard InChI is InChI=1S/C32H31BrF3N5O3/c33-26-24(35)3-2-17-8-21(43)10-22(25(17)26)28-27(36)29-23(12-37-28)30(41-13-16-6-19(41)9-20(42)7-16)39-31(38-29)44-15-32-4-1-5-40(32)14-18(34)11-32/h2-3,8,10,12,16,18-20,42-43H,1,4-7,9,11,13-15H2/t16?,18-,19?,20?,32+/m1/s1. The van der Waals surface area contributed by atoms with Crippen LogP contribution in [-0.2, 0) is 0 Å². The second-order valence-electron chi connectivity index (χ2n) is 12.9. The van der Waals surface area contributed by atoms with Gasteiger partial charge in [-0.25, -0.2) is 13.2 Å². The average molecular weight is 671 g/mol. The van der Waals surface area contributed by atoms with Crippen LogP contribution in [0.25, 0.3) is 32.9 Å². The van der Waals surface area contributed by atoms with E-state index in [9.17, 15) is 19.0 Å². The quantitative estimate of drug-likeness (QED) is 0.272. The van der Waals surface area contributed by atoms with Crippen LogP contribution in [0.4, 0.5) is 19.0 Å². The number of phenolic OH excluding ortho intramolecular Hbond substituents is 1. The lowest BCUT2D eigenvalue weighted by atomic mass is 9.88. The van der Waals surface area contributed by atoms with Crippen LogP contribution >= 0.6 is 15.9 Å². The minimum atomic E-state index is -0.922. The van der Waals surface area contributed by atoms with E-state index < -0.39 is 29.4 Å². The number of aromatic nitrogens is 3. The lowest BCUT2D eigenvalue weighted by Crippen LogP contribution is -2.43. The zero-order chi connectivity index (χ0) is 30.3. The molecule has 4 fully saturated rings. The Labute approximate surface area is 260 Å². The molecule has 44 heavy (non-hydrogen) atoms. The predicted molar refractivity (Wildman–Crippen MR) is 163 cm³/mol. The number of ether oxygens (including phenoxy) is 1. The summed E-state index contributed by atoms with van der Waals surface area (Å²) in [6, 6.07) is 5.63. The summed E-state index contributed by atoms with van der Waals surface area (Å²) in [7, 11) is 0. The Hall–Kier alpha value is -3.22. The summed E-state index contributed by atoms with van der Waals surface area (Å²) in [6.45, 7) is 2.03. The van der Waals surface area contributed by atoms with Gasteiger partial charge in [-0.3, -0.25) is 9.88 Å². The number of pyridine rings is 1. The van der Waals surface area contributed by atoms with E-state index in [0.717, 1.165) is 25.8 Å². The fourth-order valence-corrected chi connectivity index (χ4v) is 8.75. The minimum absolute atomic E-state index is 0.0120. The van der Waals surface area contributed by atoms with Gasteiger partial charge in [-0.1, -0.05) is 6.07 Å². The van der Waals surface area contributed by atoms with Crippen molar-refractivity contribution in [1.29, 1.82) is 0 Å². The topological polar surface area (TPSA) is 94.8 Å². The van der Waals surface area contributed by atoms with E-state index in [1.807, 2.05) is 0 Å². The highest BCUT2D eigenvalue weighted by Gasteiger charge is 2.49. The summed E-state index contributed by atoms with van der Waals surface area (Å²) in [4.78, 5) is 18.1. The Balaban J connectivity index is 1.27.